The second-order valence-corrected chi connectivity index (χ2v) is 5.39. The molecule has 1 aromatic heterocycles. The average molecular weight is 277 g/mol. The van der Waals surface area contributed by atoms with Crippen LogP contribution in [0.5, 0.6) is 5.75 Å². The van der Waals surface area contributed by atoms with Crippen molar-refractivity contribution in [1.29, 1.82) is 0 Å². The number of thiazole rings is 1. The van der Waals surface area contributed by atoms with E-state index in [0.29, 0.717) is 17.5 Å². The van der Waals surface area contributed by atoms with E-state index in [4.69, 9.17) is 9.84 Å². The molecule has 0 atom stereocenters. The zero-order chi connectivity index (χ0) is 13.8. The lowest BCUT2D eigenvalue weighted by atomic mass is 10.0. The van der Waals surface area contributed by atoms with Crippen molar-refractivity contribution >= 4 is 17.3 Å². The smallest absolute Gasteiger partial charge is 0.355 e. The third kappa shape index (κ3) is 3.54. The highest BCUT2D eigenvalue weighted by molar-refractivity contribution is 7.09. The molecule has 4 nitrogen and oxygen atoms in total. The zero-order valence-electron chi connectivity index (χ0n) is 10.8. The second kappa shape index (κ2) is 5.84. The molecule has 100 valence electrons. The lowest BCUT2D eigenvalue weighted by Crippen LogP contribution is -1.99. The topological polar surface area (TPSA) is 59.4 Å². The first kappa shape index (κ1) is 13.5. The maximum atomic E-state index is 10.7. The Bertz CT molecular complexity index is 560. The molecule has 5 heteroatoms. The summed E-state index contributed by atoms with van der Waals surface area (Å²) in [5.41, 5.74) is 1.33. The first-order chi connectivity index (χ1) is 9.06. The van der Waals surface area contributed by atoms with Crippen LogP contribution in [0.4, 0.5) is 0 Å². The fourth-order valence-electron chi connectivity index (χ4n) is 1.57. The molecule has 0 spiro atoms. The third-order valence-corrected chi connectivity index (χ3v) is 3.50. The van der Waals surface area contributed by atoms with Gasteiger partial charge in [-0.3, -0.25) is 0 Å². The van der Waals surface area contributed by atoms with Gasteiger partial charge in [0.1, 0.15) is 17.4 Å². The minimum absolute atomic E-state index is 0.0683. The van der Waals surface area contributed by atoms with Crippen molar-refractivity contribution in [2.24, 2.45) is 0 Å². The van der Waals surface area contributed by atoms with E-state index >= 15 is 0 Å². The molecule has 1 heterocycles. The maximum absolute atomic E-state index is 10.7. The average Bonchev–Trinajstić information content (AvgIpc) is 2.86. The van der Waals surface area contributed by atoms with Gasteiger partial charge in [0, 0.05) is 5.38 Å². The minimum atomic E-state index is -1.01. The van der Waals surface area contributed by atoms with E-state index in [-0.39, 0.29) is 5.69 Å². The van der Waals surface area contributed by atoms with Gasteiger partial charge in [-0.2, -0.15) is 0 Å². The molecule has 2 rings (SSSR count). The number of benzene rings is 1. The van der Waals surface area contributed by atoms with Gasteiger partial charge in [-0.15, -0.1) is 11.3 Å². The van der Waals surface area contributed by atoms with Crippen LogP contribution < -0.4 is 4.74 Å². The highest BCUT2D eigenvalue weighted by Crippen LogP contribution is 2.20. The molecule has 0 amide bonds. The standard InChI is InChI=1S/C14H15NO3S/c1-9(2)10-3-5-11(6-4-10)18-7-13-15-12(8-19-13)14(16)17/h3-6,8-9H,7H2,1-2H3,(H,16,17). The van der Waals surface area contributed by atoms with Gasteiger partial charge >= 0.3 is 5.97 Å². The van der Waals surface area contributed by atoms with Gasteiger partial charge in [-0.05, 0) is 23.6 Å². The molecule has 19 heavy (non-hydrogen) atoms. The van der Waals surface area contributed by atoms with Gasteiger partial charge in [-0.25, -0.2) is 9.78 Å². The van der Waals surface area contributed by atoms with Gasteiger partial charge in [0.15, 0.2) is 5.69 Å². The lowest BCUT2D eigenvalue weighted by Gasteiger charge is -2.07. The number of aromatic nitrogens is 1. The summed E-state index contributed by atoms with van der Waals surface area (Å²) >= 11 is 1.29. The quantitative estimate of drug-likeness (QED) is 0.908. The highest BCUT2D eigenvalue weighted by atomic mass is 32.1. The second-order valence-electron chi connectivity index (χ2n) is 4.44. The molecule has 0 saturated carbocycles. The summed E-state index contributed by atoms with van der Waals surface area (Å²) in [7, 11) is 0. The number of carboxylic acid groups (broad SMARTS) is 1. The van der Waals surface area contributed by atoms with Crippen LogP contribution in [-0.4, -0.2) is 16.1 Å². The van der Waals surface area contributed by atoms with E-state index in [0.717, 1.165) is 5.75 Å². The van der Waals surface area contributed by atoms with Crippen LogP contribution >= 0.6 is 11.3 Å². The lowest BCUT2D eigenvalue weighted by molar-refractivity contribution is 0.0691. The van der Waals surface area contributed by atoms with Crippen molar-refractivity contribution in [2.75, 3.05) is 0 Å². The molecule has 1 N–H and O–H groups in total. The van der Waals surface area contributed by atoms with E-state index in [1.807, 2.05) is 24.3 Å². The summed E-state index contributed by atoms with van der Waals surface area (Å²) in [4.78, 5) is 14.7. The Morgan fingerprint density at radius 2 is 2.05 bits per heavy atom. The molecule has 0 aliphatic carbocycles. The van der Waals surface area contributed by atoms with Crippen LogP contribution in [0.3, 0.4) is 0 Å². The number of ether oxygens (including phenoxy) is 1. The number of nitrogens with zero attached hydrogens (tertiary/aromatic N) is 1. The molecule has 0 aliphatic rings. The van der Waals surface area contributed by atoms with Crippen LogP contribution in [0.2, 0.25) is 0 Å². The maximum Gasteiger partial charge on any atom is 0.355 e. The predicted molar refractivity (Wildman–Crippen MR) is 73.9 cm³/mol. The van der Waals surface area contributed by atoms with Crippen molar-refractivity contribution < 1.29 is 14.6 Å². The van der Waals surface area contributed by atoms with E-state index in [2.05, 4.69) is 18.8 Å². The largest absolute Gasteiger partial charge is 0.486 e. The summed E-state index contributed by atoms with van der Waals surface area (Å²) in [5, 5.41) is 10.9. The van der Waals surface area contributed by atoms with Crippen molar-refractivity contribution in [3.8, 4) is 5.75 Å². The summed E-state index contributed by atoms with van der Waals surface area (Å²) in [6, 6.07) is 7.90. The molecule has 0 radical (unpaired) electrons. The zero-order valence-corrected chi connectivity index (χ0v) is 11.6. The SMILES string of the molecule is CC(C)c1ccc(OCc2nc(C(=O)O)cs2)cc1. The first-order valence-electron chi connectivity index (χ1n) is 5.96. The molecule has 0 unspecified atom stereocenters. The van der Waals surface area contributed by atoms with E-state index in [1.54, 1.807) is 0 Å². The van der Waals surface area contributed by atoms with Gasteiger partial charge in [0.05, 0.1) is 0 Å². The minimum Gasteiger partial charge on any atom is -0.486 e. The van der Waals surface area contributed by atoms with Gasteiger partial charge in [-0.1, -0.05) is 26.0 Å². The molecular weight excluding hydrogens is 262 g/mol. The van der Waals surface area contributed by atoms with Crippen molar-refractivity contribution in [3.05, 3.63) is 45.9 Å². The number of hydrogen-bond donors (Lipinski definition) is 1. The predicted octanol–water partition coefficient (Wildman–Crippen LogP) is 3.54. The van der Waals surface area contributed by atoms with E-state index < -0.39 is 5.97 Å². The Hall–Kier alpha value is -1.88. The molecule has 1 aromatic carbocycles. The van der Waals surface area contributed by atoms with Crippen LogP contribution in [-0.2, 0) is 6.61 Å². The third-order valence-electron chi connectivity index (χ3n) is 2.68. The number of hydrogen-bond acceptors (Lipinski definition) is 4. The van der Waals surface area contributed by atoms with Gasteiger partial charge in [0.2, 0.25) is 0 Å². The normalized spacial score (nSPS) is 10.7. The molecule has 0 saturated heterocycles. The van der Waals surface area contributed by atoms with Gasteiger partial charge in [0.25, 0.3) is 0 Å². The summed E-state index contributed by atoms with van der Waals surface area (Å²) in [5.74, 6) is 0.242. The Balaban J connectivity index is 1.96. The Morgan fingerprint density at radius 1 is 1.37 bits per heavy atom. The Morgan fingerprint density at radius 3 is 2.58 bits per heavy atom. The fraction of sp³-hybridized carbons (Fsp3) is 0.286. The van der Waals surface area contributed by atoms with E-state index in [1.165, 1.54) is 22.3 Å². The van der Waals surface area contributed by atoms with Crippen molar-refractivity contribution in [2.45, 2.75) is 26.4 Å². The summed E-state index contributed by atoms with van der Waals surface area (Å²) in [6.07, 6.45) is 0. The van der Waals surface area contributed by atoms with Crippen LogP contribution in [0.1, 0.15) is 40.8 Å². The monoisotopic (exact) mass is 277 g/mol. The van der Waals surface area contributed by atoms with Crippen LogP contribution in [0.15, 0.2) is 29.6 Å². The number of carboxylic acids is 1. The van der Waals surface area contributed by atoms with Gasteiger partial charge < -0.3 is 9.84 Å². The first-order valence-corrected chi connectivity index (χ1v) is 6.84. The number of rotatable bonds is 5. The summed E-state index contributed by atoms with van der Waals surface area (Å²) in [6.45, 7) is 4.57. The molecular formula is C14H15NO3S. The molecule has 0 aliphatic heterocycles. The molecule has 0 fully saturated rings. The van der Waals surface area contributed by atoms with Crippen LogP contribution in [0, 0.1) is 0 Å². The number of aromatic carboxylic acids is 1. The van der Waals surface area contributed by atoms with Crippen molar-refractivity contribution in [1.82, 2.24) is 4.98 Å². The van der Waals surface area contributed by atoms with Crippen LogP contribution in [0.25, 0.3) is 0 Å². The highest BCUT2D eigenvalue weighted by Gasteiger charge is 2.09. The fourth-order valence-corrected chi connectivity index (χ4v) is 2.25. The van der Waals surface area contributed by atoms with Crippen molar-refractivity contribution in [3.63, 3.8) is 0 Å². The Kier molecular flexibility index (Phi) is 4.16. The summed E-state index contributed by atoms with van der Waals surface area (Å²) < 4.78 is 5.57. The molecule has 0 bridgehead atoms. The Labute approximate surface area is 115 Å². The number of carbonyl (C=O) groups is 1. The molecule has 2 aromatic rings. The van der Waals surface area contributed by atoms with E-state index in [9.17, 15) is 4.79 Å².